The van der Waals surface area contributed by atoms with Crippen molar-refractivity contribution >= 4 is 5.97 Å². The second-order valence-electron chi connectivity index (χ2n) is 5.70. The van der Waals surface area contributed by atoms with Gasteiger partial charge in [-0.3, -0.25) is 4.79 Å². The van der Waals surface area contributed by atoms with E-state index in [-0.39, 0.29) is 5.97 Å². The maximum Gasteiger partial charge on any atom is 0.311 e. The van der Waals surface area contributed by atoms with Gasteiger partial charge in [-0.25, -0.2) is 0 Å². The van der Waals surface area contributed by atoms with E-state index in [0.717, 1.165) is 19.3 Å². The molecule has 0 fully saturated rings. The van der Waals surface area contributed by atoms with Crippen LogP contribution in [0.25, 0.3) is 0 Å². The molecule has 2 nitrogen and oxygen atoms in total. The van der Waals surface area contributed by atoms with Crippen molar-refractivity contribution in [1.29, 1.82) is 0 Å². The Balaban J connectivity index is 1.87. The number of hydrogen-bond donors (Lipinski definition) is 0. The summed E-state index contributed by atoms with van der Waals surface area (Å²) in [5.41, 5.74) is 4.97. The van der Waals surface area contributed by atoms with Gasteiger partial charge in [0.1, 0.15) is 5.75 Å². The topological polar surface area (TPSA) is 26.3 Å². The highest BCUT2D eigenvalue weighted by Gasteiger charge is 2.08. The van der Waals surface area contributed by atoms with Crippen LogP contribution >= 0.6 is 0 Å². The lowest BCUT2D eigenvalue weighted by molar-refractivity contribution is -0.134. The fourth-order valence-electron chi connectivity index (χ4n) is 2.83. The van der Waals surface area contributed by atoms with Gasteiger partial charge < -0.3 is 4.74 Å². The maximum atomic E-state index is 12.0. The quantitative estimate of drug-likeness (QED) is 0.565. The lowest BCUT2D eigenvalue weighted by Gasteiger charge is -2.11. The molecule has 0 atom stereocenters. The van der Waals surface area contributed by atoms with Gasteiger partial charge in [0.15, 0.2) is 0 Å². The Hall–Kier alpha value is -2.09. The third-order valence-corrected chi connectivity index (χ3v) is 3.94. The van der Waals surface area contributed by atoms with E-state index in [1.54, 1.807) is 0 Å². The van der Waals surface area contributed by atoms with Crippen molar-refractivity contribution in [2.45, 2.75) is 46.5 Å². The van der Waals surface area contributed by atoms with Gasteiger partial charge in [0.05, 0.1) is 0 Å². The molecule has 0 aliphatic carbocycles. The first-order valence-electron chi connectivity index (χ1n) is 7.95. The lowest BCUT2D eigenvalue weighted by Crippen LogP contribution is -2.09. The first-order valence-corrected chi connectivity index (χ1v) is 7.95. The first-order chi connectivity index (χ1) is 10.6. The van der Waals surface area contributed by atoms with E-state index in [2.05, 4.69) is 32.9 Å². The minimum Gasteiger partial charge on any atom is -0.427 e. The Bertz CT molecular complexity index is 606. The first kappa shape index (κ1) is 16.3. The summed E-state index contributed by atoms with van der Waals surface area (Å²) in [5.74, 6) is 0.510. The van der Waals surface area contributed by atoms with Crippen molar-refractivity contribution in [3.05, 3.63) is 64.7 Å². The molecule has 0 saturated carbocycles. The van der Waals surface area contributed by atoms with E-state index < -0.39 is 0 Å². The molecule has 0 bridgehead atoms. The Labute approximate surface area is 133 Å². The van der Waals surface area contributed by atoms with Crippen molar-refractivity contribution in [3.8, 4) is 5.75 Å². The second-order valence-corrected chi connectivity index (χ2v) is 5.70. The predicted molar refractivity (Wildman–Crippen MR) is 90.3 cm³/mol. The summed E-state index contributed by atoms with van der Waals surface area (Å²) >= 11 is 0. The zero-order chi connectivity index (χ0) is 15.9. The number of esters is 1. The number of carbonyl (C=O) groups is 1. The standard InChI is InChI=1S/C20H24O2/c1-4-19-15(2)13-18(14-16(19)3)22-20(21)12-8-11-17-9-6-5-7-10-17/h5-7,9-10,13-14H,4,8,11-12H2,1-3H3. The smallest absolute Gasteiger partial charge is 0.311 e. The van der Waals surface area contributed by atoms with Crippen LogP contribution in [0.1, 0.15) is 42.0 Å². The van der Waals surface area contributed by atoms with Gasteiger partial charge in [0.25, 0.3) is 0 Å². The molecule has 0 unspecified atom stereocenters. The number of benzene rings is 2. The molecule has 0 radical (unpaired) electrons. The number of carbonyl (C=O) groups excluding carboxylic acids is 1. The van der Waals surface area contributed by atoms with Crippen molar-refractivity contribution < 1.29 is 9.53 Å². The summed E-state index contributed by atoms with van der Waals surface area (Å²) in [6.07, 6.45) is 3.17. The third-order valence-electron chi connectivity index (χ3n) is 3.94. The monoisotopic (exact) mass is 296 g/mol. The average Bonchev–Trinajstić information content (AvgIpc) is 2.48. The molecule has 0 saturated heterocycles. The SMILES string of the molecule is CCc1c(C)cc(OC(=O)CCCc2ccccc2)cc1C. The van der Waals surface area contributed by atoms with Crippen molar-refractivity contribution in [1.82, 2.24) is 0 Å². The fourth-order valence-corrected chi connectivity index (χ4v) is 2.83. The van der Waals surface area contributed by atoms with E-state index in [1.807, 2.05) is 30.3 Å². The van der Waals surface area contributed by atoms with Crippen LogP contribution in [0.15, 0.2) is 42.5 Å². The molecule has 0 spiro atoms. The molecule has 0 N–H and O–H groups in total. The van der Waals surface area contributed by atoms with Gasteiger partial charge >= 0.3 is 5.97 Å². The van der Waals surface area contributed by atoms with Gasteiger partial charge in [0.2, 0.25) is 0 Å². The van der Waals surface area contributed by atoms with Crippen LogP contribution in [-0.4, -0.2) is 5.97 Å². The van der Waals surface area contributed by atoms with E-state index in [0.29, 0.717) is 12.2 Å². The van der Waals surface area contributed by atoms with E-state index in [1.165, 1.54) is 22.3 Å². The zero-order valence-corrected chi connectivity index (χ0v) is 13.7. The van der Waals surface area contributed by atoms with E-state index in [9.17, 15) is 4.79 Å². The van der Waals surface area contributed by atoms with Gasteiger partial charge in [-0.05, 0) is 67.5 Å². The minimum atomic E-state index is -0.154. The predicted octanol–water partition coefficient (Wildman–Crippen LogP) is 4.79. The van der Waals surface area contributed by atoms with Gasteiger partial charge in [-0.1, -0.05) is 37.3 Å². The van der Waals surface area contributed by atoms with Gasteiger partial charge in [-0.15, -0.1) is 0 Å². The van der Waals surface area contributed by atoms with Crippen LogP contribution in [-0.2, 0) is 17.6 Å². The Morgan fingerprint density at radius 1 is 1.05 bits per heavy atom. The van der Waals surface area contributed by atoms with Crippen LogP contribution in [0.2, 0.25) is 0 Å². The molecule has 0 aromatic heterocycles. The summed E-state index contributed by atoms with van der Waals surface area (Å²) in [6.45, 7) is 6.28. The molecular formula is C20H24O2. The highest BCUT2D eigenvalue weighted by atomic mass is 16.5. The Kier molecular flexibility index (Phi) is 5.76. The van der Waals surface area contributed by atoms with Crippen molar-refractivity contribution in [3.63, 3.8) is 0 Å². The second kappa shape index (κ2) is 7.79. The minimum absolute atomic E-state index is 0.154. The molecule has 2 aromatic carbocycles. The van der Waals surface area contributed by atoms with Crippen LogP contribution in [0.4, 0.5) is 0 Å². The largest absolute Gasteiger partial charge is 0.427 e. The highest BCUT2D eigenvalue weighted by molar-refractivity contribution is 5.72. The third kappa shape index (κ3) is 4.45. The molecule has 2 aromatic rings. The van der Waals surface area contributed by atoms with Crippen molar-refractivity contribution in [2.75, 3.05) is 0 Å². The molecule has 2 rings (SSSR count). The molecule has 2 heteroatoms. The molecule has 0 amide bonds. The van der Waals surface area contributed by atoms with Gasteiger partial charge in [0, 0.05) is 6.42 Å². The number of hydrogen-bond acceptors (Lipinski definition) is 2. The lowest BCUT2D eigenvalue weighted by atomic mass is 10.0. The number of rotatable bonds is 6. The molecular weight excluding hydrogens is 272 g/mol. The number of ether oxygens (including phenoxy) is 1. The van der Waals surface area contributed by atoms with Crippen molar-refractivity contribution in [2.24, 2.45) is 0 Å². The zero-order valence-electron chi connectivity index (χ0n) is 13.7. The highest BCUT2D eigenvalue weighted by Crippen LogP contribution is 2.22. The van der Waals surface area contributed by atoms with Crippen LogP contribution in [0.5, 0.6) is 5.75 Å². The summed E-state index contributed by atoms with van der Waals surface area (Å²) < 4.78 is 5.47. The molecule has 0 aliphatic rings. The molecule has 0 aliphatic heterocycles. The van der Waals surface area contributed by atoms with Crippen LogP contribution in [0.3, 0.4) is 0 Å². The summed E-state index contributed by atoms with van der Waals surface area (Å²) in [4.78, 5) is 12.0. The summed E-state index contributed by atoms with van der Waals surface area (Å²) in [5, 5.41) is 0. The number of aryl methyl sites for hydroxylation is 3. The molecule has 116 valence electrons. The maximum absolute atomic E-state index is 12.0. The van der Waals surface area contributed by atoms with Crippen LogP contribution in [0, 0.1) is 13.8 Å². The van der Waals surface area contributed by atoms with Crippen LogP contribution < -0.4 is 4.74 Å². The average molecular weight is 296 g/mol. The molecule has 22 heavy (non-hydrogen) atoms. The Morgan fingerprint density at radius 3 is 2.27 bits per heavy atom. The van der Waals surface area contributed by atoms with E-state index in [4.69, 9.17) is 4.74 Å². The normalized spacial score (nSPS) is 10.5. The fraction of sp³-hybridized carbons (Fsp3) is 0.350. The van der Waals surface area contributed by atoms with E-state index >= 15 is 0 Å². The van der Waals surface area contributed by atoms with Gasteiger partial charge in [-0.2, -0.15) is 0 Å². The Morgan fingerprint density at radius 2 is 1.68 bits per heavy atom. The molecule has 0 heterocycles. The summed E-state index contributed by atoms with van der Waals surface area (Å²) in [6, 6.07) is 14.1. The summed E-state index contributed by atoms with van der Waals surface area (Å²) in [7, 11) is 0.